The normalized spacial score (nSPS) is 33.5. The first-order valence-electron chi connectivity index (χ1n) is 6.04. The first-order valence-corrected chi connectivity index (χ1v) is 6.92. The molecule has 3 atom stereocenters. The molecule has 2 saturated carbocycles. The Balaban J connectivity index is 1.68. The minimum absolute atomic E-state index is 0.923. The van der Waals surface area contributed by atoms with E-state index in [1.165, 1.54) is 36.1 Å². The van der Waals surface area contributed by atoms with Crippen LogP contribution in [-0.2, 0) is 0 Å². The number of aryl methyl sites for hydroxylation is 1. The minimum Gasteiger partial charge on any atom is -0.122 e. The maximum absolute atomic E-state index is 2.28. The summed E-state index contributed by atoms with van der Waals surface area (Å²) in [5.74, 6) is 2.10. The van der Waals surface area contributed by atoms with Gasteiger partial charge in [0.05, 0.1) is 0 Å². The van der Waals surface area contributed by atoms with Gasteiger partial charge in [-0.2, -0.15) is 0 Å². The fourth-order valence-electron chi connectivity index (χ4n) is 3.12. The summed E-state index contributed by atoms with van der Waals surface area (Å²) >= 11 is 2.12. The van der Waals surface area contributed by atoms with Crippen molar-refractivity contribution in [2.45, 2.75) is 42.8 Å². The molecule has 1 heteroatoms. The lowest BCUT2D eigenvalue weighted by atomic mass is 10.0. The molecule has 0 aromatic heterocycles. The second-order valence-electron chi connectivity index (χ2n) is 5.14. The van der Waals surface area contributed by atoms with Crippen LogP contribution in [0.1, 0.15) is 31.2 Å². The molecule has 1 aromatic carbocycles. The van der Waals surface area contributed by atoms with Gasteiger partial charge in [-0.1, -0.05) is 24.1 Å². The van der Waals surface area contributed by atoms with Crippen LogP contribution in [0.2, 0.25) is 0 Å². The summed E-state index contributed by atoms with van der Waals surface area (Å²) in [5.41, 5.74) is 1.37. The standard InChI is InChI=1S/C14H18S/c1-10-2-6-13(7-3-10)15-14-9-11-4-5-12(14)8-11/h2-3,6-7,11-12,14H,4-5,8-9H2,1H3/t11-,12+,14-/m0/s1. The zero-order chi connectivity index (χ0) is 10.3. The topological polar surface area (TPSA) is 0 Å². The van der Waals surface area contributed by atoms with Crippen molar-refractivity contribution in [3.8, 4) is 0 Å². The summed E-state index contributed by atoms with van der Waals surface area (Å²) in [6.07, 6.45) is 6.00. The second kappa shape index (κ2) is 3.86. The molecule has 3 rings (SSSR count). The SMILES string of the molecule is Cc1ccc(S[C@H]2C[C@H]3CC[C@@H]2C3)cc1. The highest BCUT2D eigenvalue weighted by molar-refractivity contribution is 8.00. The Morgan fingerprint density at radius 1 is 1.07 bits per heavy atom. The van der Waals surface area contributed by atoms with Crippen LogP contribution in [-0.4, -0.2) is 5.25 Å². The summed E-state index contributed by atoms with van der Waals surface area (Å²) in [5, 5.41) is 0.923. The van der Waals surface area contributed by atoms with Crippen molar-refractivity contribution in [3.05, 3.63) is 29.8 Å². The van der Waals surface area contributed by atoms with Gasteiger partial charge in [0.25, 0.3) is 0 Å². The average Bonchev–Trinajstić information content (AvgIpc) is 2.83. The van der Waals surface area contributed by atoms with Crippen LogP contribution >= 0.6 is 11.8 Å². The molecule has 0 spiro atoms. The quantitative estimate of drug-likeness (QED) is 0.714. The number of rotatable bonds is 2. The second-order valence-corrected chi connectivity index (χ2v) is 6.46. The van der Waals surface area contributed by atoms with Crippen LogP contribution in [0.3, 0.4) is 0 Å². The molecule has 0 unspecified atom stereocenters. The summed E-state index contributed by atoms with van der Waals surface area (Å²) in [6.45, 7) is 2.16. The Hall–Kier alpha value is -0.430. The molecule has 2 fully saturated rings. The number of hydrogen-bond donors (Lipinski definition) is 0. The lowest BCUT2D eigenvalue weighted by Crippen LogP contribution is -2.11. The molecule has 2 aliphatic rings. The molecule has 0 heterocycles. The van der Waals surface area contributed by atoms with E-state index >= 15 is 0 Å². The summed E-state index contributed by atoms with van der Waals surface area (Å²) < 4.78 is 0. The Labute approximate surface area is 96.5 Å². The third-order valence-electron chi connectivity index (χ3n) is 3.98. The molecule has 0 radical (unpaired) electrons. The Kier molecular flexibility index (Phi) is 2.51. The molecule has 2 aliphatic carbocycles. The lowest BCUT2D eigenvalue weighted by Gasteiger charge is -2.20. The molecule has 80 valence electrons. The van der Waals surface area contributed by atoms with E-state index in [9.17, 15) is 0 Å². The van der Waals surface area contributed by atoms with Crippen molar-refractivity contribution < 1.29 is 0 Å². The molecule has 0 N–H and O–H groups in total. The van der Waals surface area contributed by atoms with Crippen LogP contribution < -0.4 is 0 Å². The Morgan fingerprint density at radius 3 is 2.47 bits per heavy atom. The zero-order valence-electron chi connectivity index (χ0n) is 9.28. The highest BCUT2D eigenvalue weighted by Gasteiger charge is 2.39. The van der Waals surface area contributed by atoms with Gasteiger partial charge in [-0.3, -0.25) is 0 Å². The van der Waals surface area contributed by atoms with Crippen molar-refractivity contribution >= 4 is 11.8 Å². The van der Waals surface area contributed by atoms with Gasteiger partial charge in [0, 0.05) is 10.1 Å². The van der Waals surface area contributed by atoms with Gasteiger partial charge in [-0.05, 0) is 50.2 Å². The van der Waals surface area contributed by atoms with E-state index in [-0.39, 0.29) is 0 Å². The van der Waals surface area contributed by atoms with Gasteiger partial charge >= 0.3 is 0 Å². The highest BCUT2D eigenvalue weighted by atomic mass is 32.2. The molecule has 0 saturated heterocycles. The van der Waals surface area contributed by atoms with E-state index in [4.69, 9.17) is 0 Å². The number of thioether (sulfide) groups is 1. The summed E-state index contributed by atoms with van der Waals surface area (Å²) in [6, 6.07) is 9.03. The van der Waals surface area contributed by atoms with Gasteiger partial charge in [0.15, 0.2) is 0 Å². The molecular weight excluding hydrogens is 200 g/mol. The molecule has 15 heavy (non-hydrogen) atoms. The van der Waals surface area contributed by atoms with Crippen LogP contribution in [0.5, 0.6) is 0 Å². The van der Waals surface area contributed by atoms with E-state index in [1.807, 2.05) is 0 Å². The van der Waals surface area contributed by atoms with E-state index in [1.54, 1.807) is 0 Å². The van der Waals surface area contributed by atoms with Crippen molar-refractivity contribution in [3.63, 3.8) is 0 Å². The third-order valence-corrected chi connectivity index (χ3v) is 5.41. The average molecular weight is 218 g/mol. The smallest absolute Gasteiger partial charge is 0.0125 e. The maximum Gasteiger partial charge on any atom is 0.0125 e. The zero-order valence-corrected chi connectivity index (χ0v) is 10.1. The van der Waals surface area contributed by atoms with Crippen LogP contribution in [0, 0.1) is 18.8 Å². The van der Waals surface area contributed by atoms with Gasteiger partial charge in [-0.25, -0.2) is 0 Å². The summed E-state index contributed by atoms with van der Waals surface area (Å²) in [4.78, 5) is 1.47. The van der Waals surface area contributed by atoms with E-state index < -0.39 is 0 Å². The number of fused-ring (bicyclic) bond motifs is 2. The van der Waals surface area contributed by atoms with Gasteiger partial charge in [0.1, 0.15) is 0 Å². The minimum atomic E-state index is 0.923. The predicted octanol–water partition coefficient (Wildman–Crippen LogP) is 4.28. The first-order chi connectivity index (χ1) is 7.31. The molecular formula is C14H18S. The molecule has 0 aliphatic heterocycles. The predicted molar refractivity (Wildman–Crippen MR) is 66.3 cm³/mol. The van der Waals surface area contributed by atoms with E-state index in [2.05, 4.69) is 43.0 Å². The lowest BCUT2D eigenvalue weighted by molar-refractivity contribution is 0.492. The summed E-state index contributed by atoms with van der Waals surface area (Å²) in [7, 11) is 0. The van der Waals surface area contributed by atoms with Crippen molar-refractivity contribution in [1.82, 2.24) is 0 Å². The molecule has 1 aromatic rings. The fourth-order valence-corrected chi connectivity index (χ4v) is 4.57. The van der Waals surface area contributed by atoms with E-state index in [0.717, 1.165) is 17.1 Å². The molecule has 2 bridgehead atoms. The van der Waals surface area contributed by atoms with Crippen molar-refractivity contribution in [1.29, 1.82) is 0 Å². The third kappa shape index (κ3) is 1.94. The largest absolute Gasteiger partial charge is 0.122 e. The number of benzene rings is 1. The van der Waals surface area contributed by atoms with Crippen LogP contribution in [0.15, 0.2) is 29.2 Å². The highest BCUT2D eigenvalue weighted by Crippen LogP contribution is 2.50. The Bertz CT molecular complexity index is 341. The van der Waals surface area contributed by atoms with Gasteiger partial charge in [-0.15, -0.1) is 11.8 Å². The van der Waals surface area contributed by atoms with Gasteiger partial charge < -0.3 is 0 Å². The maximum atomic E-state index is 2.28. The molecule has 0 nitrogen and oxygen atoms in total. The fraction of sp³-hybridized carbons (Fsp3) is 0.571. The molecule has 0 amide bonds. The van der Waals surface area contributed by atoms with Crippen LogP contribution in [0.4, 0.5) is 0 Å². The van der Waals surface area contributed by atoms with Crippen molar-refractivity contribution in [2.75, 3.05) is 0 Å². The monoisotopic (exact) mass is 218 g/mol. The Morgan fingerprint density at radius 2 is 1.87 bits per heavy atom. The van der Waals surface area contributed by atoms with Crippen LogP contribution in [0.25, 0.3) is 0 Å². The van der Waals surface area contributed by atoms with Crippen molar-refractivity contribution in [2.24, 2.45) is 11.8 Å². The van der Waals surface area contributed by atoms with Gasteiger partial charge in [0.2, 0.25) is 0 Å². The first kappa shape index (κ1) is 9.77. The number of hydrogen-bond acceptors (Lipinski definition) is 1. The van der Waals surface area contributed by atoms with E-state index in [0.29, 0.717) is 0 Å².